The first-order chi connectivity index (χ1) is 14.7. The molecule has 30 heavy (non-hydrogen) atoms. The molecule has 0 saturated carbocycles. The van der Waals surface area contributed by atoms with Crippen molar-refractivity contribution in [2.24, 2.45) is 0 Å². The van der Waals surface area contributed by atoms with E-state index in [0.717, 1.165) is 16.8 Å². The van der Waals surface area contributed by atoms with Gasteiger partial charge in [-0.05, 0) is 39.8 Å². The van der Waals surface area contributed by atoms with Crippen LogP contribution in [0.3, 0.4) is 0 Å². The summed E-state index contributed by atoms with van der Waals surface area (Å²) in [5.74, 6) is 0.353. The number of allylic oxidation sites excluding steroid dienone is 1. The van der Waals surface area contributed by atoms with E-state index in [1.807, 2.05) is 59.5 Å². The highest BCUT2D eigenvalue weighted by atomic mass is 35.5. The highest BCUT2D eigenvalue weighted by molar-refractivity contribution is 6.30. The Bertz CT molecular complexity index is 1040. The number of halogens is 1. The fraction of sp³-hybridized carbons (Fsp3) is 0.238. The minimum atomic E-state index is -0.227. The Kier molecular flexibility index (Phi) is 6.06. The topological polar surface area (TPSA) is 85.2 Å². The summed E-state index contributed by atoms with van der Waals surface area (Å²) in [6.45, 7) is 0.966. The molecular weight excluding hydrogens is 404 g/mol. The van der Waals surface area contributed by atoms with Crippen LogP contribution in [0.15, 0.2) is 60.7 Å². The van der Waals surface area contributed by atoms with E-state index in [2.05, 4.69) is 26.9 Å². The third-order valence-electron chi connectivity index (χ3n) is 4.80. The van der Waals surface area contributed by atoms with Crippen molar-refractivity contribution in [3.63, 3.8) is 0 Å². The molecule has 9 heteroatoms. The second kappa shape index (κ2) is 9.06. The lowest BCUT2D eigenvalue weighted by molar-refractivity contribution is -0.119. The summed E-state index contributed by atoms with van der Waals surface area (Å²) in [6.07, 6.45) is 2.06. The number of carbonyl (C=O) groups is 1. The van der Waals surface area contributed by atoms with Gasteiger partial charge >= 0.3 is 0 Å². The molecule has 154 valence electrons. The van der Waals surface area contributed by atoms with Gasteiger partial charge in [-0.2, -0.15) is 4.68 Å². The molecule has 0 radical (unpaired) electrons. The Hall–Kier alpha value is -3.23. The Morgan fingerprint density at radius 1 is 1.17 bits per heavy atom. The van der Waals surface area contributed by atoms with Crippen LogP contribution in [-0.2, 0) is 9.53 Å². The van der Waals surface area contributed by atoms with Gasteiger partial charge < -0.3 is 10.1 Å². The molecule has 1 atom stereocenters. The summed E-state index contributed by atoms with van der Waals surface area (Å²) < 4.78 is 6.71. The highest BCUT2D eigenvalue weighted by Crippen LogP contribution is 2.36. The summed E-state index contributed by atoms with van der Waals surface area (Å²) in [5, 5.41) is 15.8. The van der Waals surface area contributed by atoms with Crippen molar-refractivity contribution >= 4 is 29.2 Å². The molecule has 1 aromatic heterocycles. The van der Waals surface area contributed by atoms with E-state index in [9.17, 15) is 4.79 Å². The number of hydrogen-bond donors (Lipinski definition) is 1. The van der Waals surface area contributed by atoms with Gasteiger partial charge in [0, 0.05) is 18.7 Å². The molecule has 4 rings (SSSR count). The summed E-state index contributed by atoms with van der Waals surface area (Å²) in [5.41, 5.74) is 2.82. The van der Waals surface area contributed by atoms with Gasteiger partial charge in [0.15, 0.2) is 0 Å². The Morgan fingerprint density at radius 3 is 2.67 bits per heavy atom. The van der Waals surface area contributed by atoms with Crippen LogP contribution in [0.5, 0.6) is 0 Å². The van der Waals surface area contributed by atoms with Crippen LogP contribution < -0.4 is 10.2 Å². The number of nitrogens with one attached hydrogen (secondary N) is 1. The van der Waals surface area contributed by atoms with Crippen LogP contribution in [0.25, 0.3) is 5.70 Å². The van der Waals surface area contributed by atoms with Crippen molar-refractivity contribution in [1.82, 2.24) is 25.5 Å². The maximum absolute atomic E-state index is 12.6. The Balaban J connectivity index is 1.73. The molecular formula is C21H21ClN6O2. The molecule has 0 saturated heterocycles. The quantitative estimate of drug-likeness (QED) is 0.587. The largest absolute Gasteiger partial charge is 0.383 e. The molecule has 1 amide bonds. The zero-order chi connectivity index (χ0) is 20.9. The average molecular weight is 425 g/mol. The summed E-state index contributed by atoms with van der Waals surface area (Å²) in [4.78, 5) is 14.4. The van der Waals surface area contributed by atoms with Gasteiger partial charge in [0.25, 0.3) is 5.95 Å². The molecule has 1 aliphatic rings. The molecule has 2 heterocycles. The number of rotatable bonds is 7. The predicted octanol–water partition coefficient (Wildman–Crippen LogP) is 2.54. The zero-order valence-electron chi connectivity index (χ0n) is 16.4. The number of fused-ring (bicyclic) bond motifs is 1. The van der Waals surface area contributed by atoms with E-state index in [4.69, 9.17) is 16.3 Å². The fourth-order valence-electron chi connectivity index (χ4n) is 3.37. The number of carbonyl (C=O) groups excluding carboxylic acids is 1. The van der Waals surface area contributed by atoms with Crippen LogP contribution in [0, 0.1) is 0 Å². The first-order valence-corrected chi connectivity index (χ1v) is 9.89. The normalized spacial score (nSPS) is 15.5. The number of tetrazole rings is 1. The van der Waals surface area contributed by atoms with Gasteiger partial charge in [-0.3, -0.25) is 9.69 Å². The zero-order valence-corrected chi connectivity index (χ0v) is 17.2. The lowest BCUT2D eigenvalue weighted by Gasteiger charge is -2.32. The van der Waals surface area contributed by atoms with Crippen LogP contribution >= 0.6 is 11.6 Å². The second-order valence-corrected chi connectivity index (χ2v) is 7.20. The second-order valence-electron chi connectivity index (χ2n) is 6.77. The fourth-order valence-corrected chi connectivity index (χ4v) is 3.50. The third-order valence-corrected chi connectivity index (χ3v) is 5.05. The molecule has 0 fully saturated rings. The van der Waals surface area contributed by atoms with Crippen molar-refractivity contribution in [2.45, 2.75) is 6.04 Å². The van der Waals surface area contributed by atoms with E-state index in [1.54, 1.807) is 11.8 Å². The molecule has 1 unspecified atom stereocenters. The van der Waals surface area contributed by atoms with Crippen molar-refractivity contribution in [3.05, 3.63) is 76.8 Å². The summed E-state index contributed by atoms with van der Waals surface area (Å²) in [7, 11) is 1.60. The number of hydrogen-bond acceptors (Lipinski definition) is 6. The van der Waals surface area contributed by atoms with Crippen molar-refractivity contribution < 1.29 is 9.53 Å². The predicted molar refractivity (Wildman–Crippen MR) is 114 cm³/mol. The smallest absolute Gasteiger partial charge is 0.251 e. The first kappa shape index (κ1) is 20.1. The van der Waals surface area contributed by atoms with Gasteiger partial charge in [0.05, 0.1) is 12.3 Å². The maximum Gasteiger partial charge on any atom is 0.251 e. The Labute approximate surface area is 179 Å². The van der Waals surface area contributed by atoms with Crippen LogP contribution in [-0.4, -0.2) is 52.9 Å². The SMILES string of the molecule is COCCNC(=O)CN1C(c2ccccc2)=CC(c2ccc(Cl)cc2)n2nnnc21. The molecule has 1 N–H and O–H groups in total. The van der Waals surface area contributed by atoms with Gasteiger partial charge in [-0.1, -0.05) is 59.2 Å². The van der Waals surface area contributed by atoms with E-state index in [1.165, 1.54) is 0 Å². The third kappa shape index (κ3) is 4.19. The van der Waals surface area contributed by atoms with Gasteiger partial charge in [-0.15, -0.1) is 0 Å². The minimum Gasteiger partial charge on any atom is -0.383 e. The number of aromatic nitrogens is 4. The lowest BCUT2D eigenvalue weighted by atomic mass is 10.0. The van der Waals surface area contributed by atoms with Gasteiger partial charge in [0.1, 0.15) is 12.6 Å². The summed E-state index contributed by atoms with van der Waals surface area (Å²) >= 11 is 6.06. The number of methoxy groups -OCH3 is 1. The van der Waals surface area contributed by atoms with Gasteiger partial charge in [0.2, 0.25) is 5.91 Å². The number of nitrogens with zero attached hydrogens (tertiary/aromatic N) is 5. The van der Waals surface area contributed by atoms with E-state index in [0.29, 0.717) is 24.1 Å². The molecule has 0 spiro atoms. The number of amides is 1. The Morgan fingerprint density at radius 2 is 1.93 bits per heavy atom. The molecule has 1 aliphatic heterocycles. The minimum absolute atomic E-state index is 0.0815. The van der Waals surface area contributed by atoms with Crippen molar-refractivity contribution in [1.29, 1.82) is 0 Å². The number of benzene rings is 2. The maximum atomic E-state index is 12.6. The highest BCUT2D eigenvalue weighted by Gasteiger charge is 2.31. The summed E-state index contributed by atoms with van der Waals surface area (Å²) in [6, 6.07) is 17.2. The standard InChI is InChI=1S/C21H21ClN6O2/c1-30-12-11-23-20(29)14-27-18(15-5-3-2-4-6-15)13-19(28-21(27)24-25-26-28)16-7-9-17(22)10-8-16/h2-10,13,19H,11-12,14H2,1H3,(H,23,29). The van der Waals surface area contributed by atoms with E-state index >= 15 is 0 Å². The first-order valence-electron chi connectivity index (χ1n) is 9.51. The van der Waals surface area contributed by atoms with E-state index < -0.39 is 0 Å². The van der Waals surface area contributed by atoms with E-state index in [-0.39, 0.29) is 18.5 Å². The molecule has 0 aliphatic carbocycles. The molecule has 2 aromatic carbocycles. The average Bonchev–Trinajstić information content (AvgIpc) is 3.26. The van der Waals surface area contributed by atoms with Crippen LogP contribution in [0.1, 0.15) is 17.2 Å². The van der Waals surface area contributed by atoms with Crippen molar-refractivity contribution in [2.75, 3.05) is 31.7 Å². The van der Waals surface area contributed by atoms with Gasteiger partial charge in [-0.25, -0.2) is 0 Å². The molecule has 8 nitrogen and oxygen atoms in total. The number of anilines is 1. The number of ether oxygens (including phenoxy) is 1. The monoisotopic (exact) mass is 424 g/mol. The van der Waals surface area contributed by atoms with Crippen LogP contribution in [0.2, 0.25) is 5.02 Å². The molecule has 0 bridgehead atoms. The molecule has 3 aromatic rings. The van der Waals surface area contributed by atoms with Crippen molar-refractivity contribution in [3.8, 4) is 0 Å². The van der Waals surface area contributed by atoms with Crippen LogP contribution in [0.4, 0.5) is 5.95 Å². The lowest BCUT2D eigenvalue weighted by Crippen LogP contribution is -2.40.